The zero-order valence-corrected chi connectivity index (χ0v) is 14.9. The first-order valence-corrected chi connectivity index (χ1v) is 9.77. The van der Waals surface area contributed by atoms with Gasteiger partial charge in [-0.15, -0.1) is 16.4 Å². The van der Waals surface area contributed by atoms with E-state index < -0.39 is 0 Å². The quantitative estimate of drug-likeness (QED) is 0.837. The maximum absolute atomic E-state index is 5.82. The fourth-order valence-electron chi connectivity index (χ4n) is 3.53. The van der Waals surface area contributed by atoms with E-state index in [0.29, 0.717) is 0 Å². The summed E-state index contributed by atoms with van der Waals surface area (Å²) in [6.07, 6.45) is 5.18. The van der Waals surface area contributed by atoms with Gasteiger partial charge in [0, 0.05) is 19.4 Å². The summed E-state index contributed by atoms with van der Waals surface area (Å²) in [5.41, 5.74) is 0. The van der Waals surface area contributed by atoms with Gasteiger partial charge in [-0.25, -0.2) is 0 Å². The van der Waals surface area contributed by atoms with Gasteiger partial charge in [0.2, 0.25) is 4.77 Å². The lowest BCUT2D eigenvalue weighted by Gasteiger charge is -2.12. The summed E-state index contributed by atoms with van der Waals surface area (Å²) in [6.45, 7) is 5.04. The Morgan fingerprint density at radius 2 is 2.22 bits per heavy atom. The molecule has 1 atom stereocenters. The highest BCUT2D eigenvalue weighted by Crippen LogP contribution is 2.25. The molecule has 2 aliphatic heterocycles. The minimum absolute atomic E-state index is 0.275. The van der Waals surface area contributed by atoms with Crippen LogP contribution in [0.25, 0.3) is 10.7 Å². The fourth-order valence-corrected chi connectivity index (χ4v) is 4.52. The van der Waals surface area contributed by atoms with E-state index in [9.17, 15) is 0 Å². The second kappa shape index (κ2) is 6.84. The first-order chi connectivity index (χ1) is 11.3. The Hall–Kier alpha value is -1.02. The van der Waals surface area contributed by atoms with Crippen molar-refractivity contribution >= 4 is 23.6 Å². The third-order valence-electron chi connectivity index (χ3n) is 4.76. The van der Waals surface area contributed by atoms with E-state index in [0.717, 1.165) is 43.3 Å². The highest BCUT2D eigenvalue weighted by molar-refractivity contribution is 7.71. The molecule has 4 heterocycles. The van der Waals surface area contributed by atoms with Crippen molar-refractivity contribution in [2.24, 2.45) is 0 Å². The van der Waals surface area contributed by atoms with Crippen molar-refractivity contribution in [2.45, 2.75) is 45.0 Å². The van der Waals surface area contributed by atoms with E-state index in [-0.39, 0.29) is 6.10 Å². The number of hydrogen-bond donors (Lipinski definition) is 1. The maximum atomic E-state index is 5.82. The highest BCUT2D eigenvalue weighted by Gasteiger charge is 2.23. The standard InChI is InChI=1S/C16H22N4OS2/c22-16-19(11-13-5-3-9-21-13)15(14-6-4-10-23-14)17-20(16)12-18-7-1-2-8-18/h4,6,10,13H,1-3,5,7-9,11-12H2/p+1/t13-/m0/s1. The van der Waals surface area contributed by atoms with Crippen LogP contribution < -0.4 is 4.90 Å². The fraction of sp³-hybridized carbons (Fsp3) is 0.625. The number of nitrogens with one attached hydrogen (secondary N) is 1. The molecular weight excluding hydrogens is 328 g/mol. The molecule has 4 rings (SSSR count). The minimum Gasteiger partial charge on any atom is -0.376 e. The lowest BCUT2D eigenvalue weighted by atomic mass is 10.2. The molecule has 23 heavy (non-hydrogen) atoms. The third kappa shape index (κ3) is 3.28. The SMILES string of the molecule is S=c1n(C[NH+]2CCCC2)nc(-c2cccs2)n1C[C@@H]1CCCO1. The summed E-state index contributed by atoms with van der Waals surface area (Å²) in [5.74, 6) is 0.999. The Morgan fingerprint density at radius 1 is 1.35 bits per heavy atom. The molecule has 2 aromatic rings. The van der Waals surface area contributed by atoms with Gasteiger partial charge in [0.25, 0.3) is 0 Å². The Labute approximate surface area is 145 Å². The van der Waals surface area contributed by atoms with Gasteiger partial charge in [-0.2, -0.15) is 4.68 Å². The molecule has 0 saturated carbocycles. The number of rotatable bonds is 5. The molecule has 1 N–H and O–H groups in total. The molecule has 2 aromatic heterocycles. The predicted octanol–water partition coefficient (Wildman–Crippen LogP) is 1.96. The zero-order chi connectivity index (χ0) is 15.6. The average Bonchev–Trinajstić information content (AvgIpc) is 3.33. The van der Waals surface area contributed by atoms with Crippen LogP contribution >= 0.6 is 23.6 Å². The van der Waals surface area contributed by atoms with Gasteiger partial charge in [0.1, 0.15) is 0 Å². The van der Waals surface area contributed by atoms with Crippen LogP contribution in [0.1, 0.15) is 25.7 Å². The molecule has 2 saturated heterocycles. The first kappa shape index (κ1) is 15.5. The number of ether oxygens (including phenoxy) is 1. The van der Waals surface area contributed by atoms with Gasteiger partial charge in [-0.3, -0.25) is 4.57 Å². The number of thiophene rings is 1. The minimum atomic E-state index is 0.275. The molecule has 0 unspecified atom stereocenters. The lowest BCUT2D eigenvalue weighted by molar-refractivity contribution is -0.911. The normalized spacial score (nSPS) is 22.2. The van der Waals surface area contributed by atoms with E-state index in [1.165, 1.54) is 30.8 Å². The number of aromatic nitrogens is 3. The Balaban J connectivity index is 1.66. The molecule has 124 valence electrons. The molecule has 7 heteroatoms. The summed E-state index contributed by atoms with van der Waals surface area (Å²) in [4.78, 5) is 2.77. The molecule has 0 spiro atoms. The summed E-state index contributed by atoms with van der Waals surface area (Å²) in [5, 5.41) is 6.96. The van der Waals surface area contributed by atoms with Crippen LogP contribution in [0.15, 0.2) is 17.5 Å². The van der Waals surface area contributed by atoms with Gasteiger partial charge < -0.3 is 9.64 Å². The zero-order valence-electron chi connectivity index (χ0n) is 13.2. The van der Waals surface area contributed by atoms with Crippen molar-refractivity contribution < 1.29 is 9.64 Å². The second-order valence-corrected chi connectivity index (χ2v) is 7.76. The van der Waals surface area contributed by atoms with E-state index in [4.69, 9.17) is 22.1 Å². The van der Waals surface area contributed by atoms with E-state index >= 15 is 0 Å². The number of hydrogen-bond acceptors (Lipinski definition) is 4. The van der Waals surface area contributed by atoms with E-state index in [2.05, 4.69) is 22.1 Å². The summed E-state index contributed by atoms with van der Waals surface area (Å²) < 4.78 is 10.9. The van der Waals surface area contributed by atoms with Gasteiger partial charge in [0.05, 0.1) is 30.6 Å². The molecule has 2 fully saturated rings. The monoisotopic (exact) mass is 351 g/mol. The number of likely N-dealkylation sites (tertiary alicyclic amines) is 1. The Kier molecular flexibility index (Phi) is 4.61. The van der Waals surface area contributed by atoms with E-state index in [1.54, 1.807) is 16.2 Å². The average molecular weight is 352 g/mol. The smallest absolute Gasteiger partial charge is 0.203 e. The Bertz CT molecular complexity index is 694. The van der Waals surface area contributed by atoms with Crippen LogP contribution in [0.3, 0.4) is 0 Å². The molecule has 0 aliphatic carbocycles. The van der Waals surface area contributed by atoms with Gasteiger partial charge >= 0.3 is 0 Å². The van der Waals surface area contributed by atoms with Crippen molar-refractivity contribution in [3.63, 3.8) is 0 Å². The third-order valence-corrected chi connectivity index (χ3v) is 6.06. The van der Waals surface area contributed by atoms with Gasteiger partial charge in [-0.05, 0) is 36.5 Å². The lowest BCUT2D eigenvalue weighted by Crippen LogP contribution is -3.09. The van der Waals surface area contributed by atoms with Crippen molar-refractivity contribution in [3.8, 4) is 10.7 Å². The van der Waals surface area contributed by atoms with Gasteiger partial charge in [0.15, 0.2) is 12.5 Å². The molecule has 0 bridgehead atoms. The van der Waals surface area contributed by atoms with E-state index in [1.807, 2.05) is 4.68 Å². The highest BCUT2D eigenvalue weighted by atomic mass is 32.1. The van der Waals surface area contributed by atoms with Crippen LogP contribution in [-0.4, -0.2) is 40.1 Å². The first-order valence-electron chi connectivity index (χ1n) is 8.48. The summed E-state index contributed by atoms with van der Waals surface area (Å²) >= 11 is 7.48. The molecule has 0 aromatic carbocycles. The van der Waals surface area contributed by atoms with Crippen molar-refractivity contribution in [1.82, 2.24) is 14.3 Å². The van der Waals surface area contributed by atoms with Crippen molar-refractivity contribution in [2.75, 3.05) is 19.7 Å². The summed E-state index contributed by atoms with van der Waals surface area (Å²) in [6, 6.07) is 4.20. The molecule has 5 nitrogen and oxygen atoms in total. The number of quaternary nitrogens is 1. The van der Waals surface area contributed by atoms with Crippen molar-refractivity contribution in [3.05, 3.63) is 22.3 Å². The van der Waals surface area contributed by atoms with Crippen LogP contribution in [0.2, 0.25) is 0 Å². The topological polar surface area (TPSA) is 36.4 Å². The largest absolute Gasteiger partial charge is 0.376 e. The molecule has 2 aliphatic rings. The van der Waals surface area contributed by atoms with Crippen LogP contribution in [0.5, 0.6) is 0 Å². The predicted molar refractivity (Wildman–Crippen MR) is 93.3 cm³/mol. The second-order valence-electron chi connectivity index (χ2n) is 6.44. The molecular formula is C16H23N4OS2+. The number of nitrogens with zero attached hydrogens (tertiary/aromatic N) is 3. The van der Waals surface area contributed by atoms with Crippen LogP contribution in [-0.2, 0) is 18.0 Å². The van der Waals surface area contributed by atoms with Crippen LogP contribution in [0.4, 0.5) is 0 Å². The Morgan fingerprint density at radius 3 is 2.91 bits per heavy atom. The van der Waals surface area contributed by atoms with Gasteiger partial charge in [-0.1, -0.05) is 6.07 Å². The summed E-state index contributed by atoms with van der Waals surface area (Å²) in [7, 11) is 0. The maximum Gasteiger partial charge on any atom is 0.203 e. The molecule has 0 amide bonds. The van der Waals surface area contributed by atoms with Crippen LogP contribution in [0, 0.1) is 4.77 Å². The van der Waals surface area contributed by atoms with Crippen molar-refractivity contribution in [1.29, 1.82) is 0 Å². The molecule has 0 radical (unpaired) electrons.